The van der Waals surface area contributed by atoms with Gasteiger partial charge < -0.3 is 15.2 Å². The summed E-state index contributed by atoms with van der Waals surface area (Å²) in [5.74, 6) is 1.01. The zero-order chi connectivity index (χ0) is 10.4. The van der Waals surface area contributed by atoms with E-state index in [9.17, 15) is 0 Å². The summed E-state index contributed by atoms with van der Waals surface area (Å²) in [4.78, 5) is 0. The highest BCUT2D eigenvalue weighted by molar-refractivity contribution is 5.52. The Kier molecular flexibility index (Phi) is 3.77. The maximum atomic E-state index is 8.82. The number of benzene rings is 1. The van der Waals surface area contributed by atoms with Gasteiger partial charge in [-0.05, 0) is 12.1 Å². The number of nitrogens with two attached hydrogens (primary N) is 1. The lowest BCUT2D eigenvalue weighted by molar-refractivity contribution is 0.301. The minimum atomic E-state index is 0.370. The number of hydrogen-bond donors (Lipinski definition) is 1. The smallest absolute Gasteiger partial charge is 0.178 e. The third kappa shape index (κ3) is 2.15. The van der Waals surface area contributed by atoms with Crippen molar-refractivity contribution in [3.05, 3.63) is 23.8 Å². The standard InChI is InChI=1S/C10H12N2O2/c1-13-9-4-2-3-8(7-12)10(9)14-6-5-11/h2-4H,5-6,11H2,1H3. The quantitative estimate of drug-likeness (QED) is 0.769. The molecule has 0 unspecified atom stereocenters. The van der Waals surface area contributed by atoms with Gasteiger partial charge in [-0.1, -0.05) is 6.07 Å². The van der Waals surface area contributed by atoms with Crippen LogP contribution < -0.4 is 15.2 Å². The van der Waals surface area contributed by atoms with Gasteiger partial charge in [0.2, 0.25) is 0 Å². The molecule has 1 aromatic rings. The lowest BCUT2D eigenvalue weighted by atomic mass is 10.2. The lowest BCUT2D eigenvalue weighted by Gasteiger charge is -2.10. The predicted octanol–water partition coefficient (Wildman–Crippen LogP) is 0.904. The first-order valence-electron chi connectivity index (χ1n) is 4.23. The van der Waals surface area contributed by atoms with E-state index in [4.69, 9.17) is 20.5 Å². The molecule has 0 bridgehead atoms. The first-order chi connectivity index (χ1) is 6.83. The van der Waals surface area contributed by atoms with Crippen molar-refractivity contribution < 1.29 is 9.47 Å². The zero-order valence-corrected chi connectivity index (χ0v) is 7.99. The van der Waals surface area contributed by atoms with Crippen LogP contribution in [0.1, 0.15) is 5.56 Å². The number of hydrogen-bond acceptors (Lipinski definition) is 4. The van der Waals surface area contributed by atoms with E-state index < -0.39 is 0 Å². The number of nitriles is 1. The molecule has 1 aromatic carbocycles. The summed E-state index contributed by atoms with van der Waals surface area (Å²) in [7, 11) is 1.53. The highest BCUT2D eigenvalue weighted by Gasteiger charge is 2.09. The Labute approximate surface area is 82.9 Å². The average molecular weight is 192 g/mol. The highest BCUT2D eigenvalue weighted by Crippen LogP contribution is 2.30. The fourth-order valence-electron chi connectivity index (χ4n) is 1.07. The second-order valence-corrected chi connectivity index (χ2v) is 2.59. The second-order valence-electron chi connectivity index (χ2n) is 2.59. The Balaban J connectivity index is 3.01. The summed E-state index contributed by atoms with van der Waals surface area (Å²) >= 11 is 0. The van der Waals surface area contributed by atoms with Crippen LogP contribution in [0.2, 0.25) is 0 Å². The molecule has 0 radical (unpaired) electrons. The van der Waals surface area contributed by atoms with Crippen LogP contribution in [-0.4, -0.2) is 20.3 Å². The Morgan fingerprint density at radius 3 is 2.86 bits per heavy atom. The van der Waals surface area contributed by atoms with Crippen LogP contribution in [0, 0.1) is 11.3 Å². The molecule has 0 amide bonds. The predicted molar refractivity (Wildman–Crippen MR) is 52.3 cm³/mol. The van der Waals surface area contributed by atoms with Gasteiger partial charge in [0.15, 0.2) is 11.5 Å². The number of nitrogens with zero attached hydrogens (tertiary/aromatic N) is 1. The molecule has 74 valence electrons. The van der Waals surface area contributed by atoms with Crippen LogP contribution in [0.25, 0.3) is 0 Å². The molecule has 0 atom stereocenters. The van der Waals surface area contributed by atoms with E-state index in [0.29, 0.717) is 30.2 Å². The average Bonchev–Trinajstić information content (AvgIpc) is 2.25. The third-order valence-corrected chi connectivity index (χ3v) is 1.68. The molecule has 2 N–H and O–H groups in total. The van der Waals surface area contributed by atoms with Crippen molar-refractivity contribution in [3.63, 3.8) is 0 Å². The van der Waals surface area contributed by atoms with E-state index in [1.807, 2.05) is 6.07 Å². The van der Waals surface area contributed by atoms with Crippen molar-refractivity contribution in [3.8, 4) is 17.6 Å². The fourth-order valence-corrected chi connectivity index (χ4v) is 1.07. The van der Waals surface area contributed by atoms with E-state index in [-0.39, 0.29) is 0 Å². The topological polar surface area (TPSA) is 68.3 Å². The van der Waals surface area contributed by atoms with Crippen LogP contribution in [-0.2, 0) is 0 Å². The molecule has 0 aliphatic heterocycles. The largest absolute Gasteiger partial charge is 0.493 e. The molecule has 4 heteroatoms. The Morgan fingerprint density at radius 1 is 1.50 bits per heavy atom. The highest BCUT2D eigenvalue weighted by atomic mass is 16.5. The molecule has 0 spiro atoms. The summed E-state index contributed by atoms with van der Waals surface area (Å²) in [6, 6.07) is 7.19. The summed E-state index contributed by atoms with van der Waals surface area (Å²) in [5.41, 5.74) is 5.77. The maximum absolute atomic E-state index is 8.82. The number of rotatable bonds is 4. The van der Waals surface area contributed by atoms with Crippen LogP contribution in [0.5, 0.6) is 11.5 Å². The van der Waals surface area contributed by atoms with Gasteiger partial charge >= 0.3 is 0 Å². The van der Waals surface area contributed by atoms with Crippen molar-refractivity contribution in [2.24, 2.45) is 5.73 Å². The van der Waals surface area contributed by atoms with E-state index in [2.05, 4.69) is 0 Å². The van der Waals surface area contributed by atoms with Gasteiger partial charge in [0.25, 0.3) is 0 Å². The SMILES string of the molecule is COc1cccc(C#N)c1OCCN. The Bertz CT molecular complexity index is 344. The zero-order valence-electron chi connectivity index (χ0n) is 7.99. The molecule has 0 saturated carbocycles. The molecule has 0 aromatic heterocycles. The Hall–Kier alpha value is -1.73. The summed E-state index contributed by atoms with van der Waals surface area (Å²) in [6.07, 6.45) is 0. The minimum absolute atomic E-state index is 0.370. The molecule has 4 nitrogen and oxygen atoms in total. The molecule has 14 heavy (non-hydrogen) atoms. The first kappa shape index (κ1) is 10.4. The van der Waals surface area contributed by atoms with E-state index in [1.165, 1.54) is 7.11 Å². The number of methoxy groups -OCH3 is 1. The fraction of sp³-hybridized carbons (Fsp3) is 0.300. The lowest BCUT2D eigenvalue weighted by Crippen LogP contribution is -2.11. The Morgan fingerprint density at radius 2 is 2.29 bits per heavy atom. The molecule has 0 aliphatic rings. The molecule has 1 rings (SSSR count). The van der Waals surface area contributed by atoms with Crippen molar-refractivity contribution in [1.82, 2.24) is 0 Å². The van der Waals surface area contributed by atoms with Crippen LogP contribution in [0.15, 0.2) is 18.2 Å². The molecular weight excluding hydrogens is 180 g/mol. The van der Waals surface area contributed by atoms with Crippen LogP contribution >= 0.6 is 0 Å². The van der Waals surface area contributed by atoms with E-state index in [1.54, 1.807) is 18.2 Å². The monoisotopic (exact) mass is 192 g/mol. The van der Waals surface area contributed by atoms with Gasteiger partial charge in [-0.25, -0.2) is 0 Å². The molecule has 0 aliphatic carbocycles. The number of ether oxygens (including phenoxy) is 2. The summed E-state index contributed by atoms with van der Waals surface area (Å²) in [6.45, 7) is 0.776. The second kappa shape index (κ2) is 5.10. The molecule has 0 heterocycles. The van der Waals surface area contributed by atoms with Crippen molar-refractivity contribution in [2.75, 3.05) is 20.3 Å². The first-order valence-corrected chi connectivity index (χ1v) is 4.23. The third-order valence-electron chi connectivity index (χ3n) is 1.68. The van der Waals surface area contributed by atoms with Crippen molar-refractivity contribution in [1.29, 1.82) is 5.26 Å². The number of para-hydroxylation sites is 1. The summed E-state index contributed by atoms with van der Waals surface area (Å²) in [5, 5.41) is 8.82. The molecular formula is C10H12N2O2. The van der Waals surface area contributed by atoms with Gasteiger partial charge in [0, 0.05) is 6.54 Å². The molecule has 0 saturated heterocycles. The molecule has 0 fully saturated rings. The summed E-state index contributed by atoms with van der Waals surface area (Å²) < 4.78 is 10.4. The normalized spacial score (nSPS) is 9.21. The van der Waals surface area contributed by atoms with Gasteiger partial charge in [0.05, 0.1) is 12.7 Å². The van der Waals surface area contributed by atoms with Gasteiger partial charge in [0.1, 0.15) is 12.7 Å². The van der Waals surface area contributed by atoms with Gasteiger partial charge in [-0.2, -0.15) is 5.26 Å². The van der Waals surface area contributed by atoms with Crippen molar-refractivity contribution >= 4 is 0 Å². The van der Waals surface area contributed by atoms with Gasteiger partial charge in [-0.15, -0.1) is 0 Å². The van der Waals surface area contributed by atoms with Gasteiger partial charge in [-0.3, -0.25) is 0 Å². The van der Waals surface area contributed by atoms with Crippen molar-refractivity contribution in [2.45, 2.75) is 0 Å². The minimum Gasteiger partial charge on any atom is -0.493 e. The maximum Gasteiger partial charge on any atom is 0.178 e. The van der Waals surface area contributed by atoms with E-state index >= 15 is 0 Å². The van der Waals surface area contributed by atoms with Crippen LogP contribution in [0.4, 0.5) is 0 Å². The van der Waals surface area contributed by atoms with Crippen LogP contribution in [0.3, 0.4) is 0 Å². The van der Waals surface area contributed by atoms with E-state index in [0.717, 1.165) is 0 Å².